The molecule has 1 aromatic heterocycles. The van der Waals surface area contributed by atoms with Crippen LogP contribution in [0.25, 0.3) is 16.5 Å². The Kier molecular flexibility index (Phi) is 3.25. The van der Waals surface area contributed by atoms with Gasteiger partial charge in [-0.05, 0) is 46.7 Å². The van der Waals surface area contributed by atoms with E-state index < -0.39 is 5.91 Å². The highest BCUT2D eigenvalue weighted by atomic mass is 32.1. The highest BCUT2D eigenvalue weighted by Crippen LogP contribution is 2.14. The number of thiophene rings is 1. The fourth-order valence-electron chi connectivity index (χ4n) is 0.772. The molecular formula is C8H7N3OS. The van der Waals surface area contributed by atoms with E-state index in [4.69, 9.17) is 5.53 Å². The standard InChI is InChI=1S/C8H7N3OS/c1-6-4-7(13-5-6)2-3-8(12)10-11-9/h2-5H,1H3. The van der Waals surface area contributed by atoms with Crippen LogP contribution >= 0.6 is 11.3 Å². The molecule has 0 saturated carbocycles. The lowest BCUT2D eigenvalue weighted by Gasteiger charge is -1.80. The molecule has 0 N–H and O–H groups in total. The summed E-state index contributed by atoms with van der Waals surface area (Å²) in [6.07, 6.45) is 2.89. The van der Waals surface area contributed by atoms with Crippen molar-refractivity contribution in [1.82, 2.24) is 0 Å². The number of nitrogens with zero attached hydrogens (tertiary/aromatic N) is 3. The molecule has 0 atom stereocenters. The van der Waals surface area contributed by atoms with Crippen LogP contribution in [-0.4, -0.2) is 5.91 Å². The van der Waals surface area contributed by atoms with Gasteiger partial charge < -0.3 is 0 Å². The van der Waals surface area contributed by atoms with Gasteiger partial charge in [-0.25, -0.2) is 0 Å². The predicted octanol–water partition coefficient (Wildman–Crippen LogP) is 2.91. The first-order valence-corrected chi connectivity index (χ1v) is 4.42. The second-order valence-corrected chi connectivity index (χ2v) is 3.33. The smallest absolute Gasteiger partial charge is 0.242 e. The highest BCUT2D eigenvalue weighted by Gasteiger charge is 1.92. The third-order valence-electron chi connectivity index (χ3n) is 1.28. The topological polar surface area (TPSA) is 65.8 Å². The maximum Gasteiger partial charge on any atom is 0.242 e. The zero-order valence-corrected chi connectivity index (χ0v) is 7.78. The first-order chi connectivity index (χ1) is 6.22. The lowest BCUT2D eigenvalue weighted by atomic mass is 10.3. The van der Waals surface area contributed by atoms with Crippen molar-refractivity contribution >= 4 is 23.3 Å². The number of carbonyl (C=O) groups excluding carboxylic acids is 1. The summed E-state index contributed by atoms with van der Waals surface area (Å²) in [6, 6.07) is 1.95. The van der Waals surface area contributed by atoms with Gasteiger partial charge in [0.25, 0.3) is 0 Å². The largest absolute Gasteiger partial charge is 0.288 e. The Morgan fingerprint density at radius 1 is 1.77 bits per heavy atom. The summed E-state index contributed by atoms with van der Waals surface area (Å²) in [7, 11) is 0. The second-order valence-electron chi connectivity index (χ2n) is 2.39. The molecule has 1 heterocycles. The van der Waals surface area contributed by atoms with Gasteiger partial charge in [0, 0.05) is 9.79 Å². The number of amides is 1. The SMILES string of the molecule is Cc1csc(C=CC(=O)N=[N+]=[N-])c1. The highest BCUT2D eigenvalue weighted by molar-refractivity contribution is 7.11. The van der Waals surface area contributed by atoms with Gasteiger partial charge in [0.15, 0.2) is 0 Å². The van der Waals surface area contributed by atoms with Crippen molar-refractivity contribution in [3.63, 3.8) is 0 Å². The van der Waals surface area contributed by atoms with Crippen molar-refractivity contribution in [1.29, 1.82) is 0 Å². The van der Waals surface area contributed by atoms with Crippen LogP contribution in [0.3, 0.4) is 0 Å². The Hall–Kier alpha value is -1.58. The maximum absolute atomic E-state index is 10.7. The first kappa shape index (κ1) is 9.51. The monoisotopic (exact) mass is 193 g/mol. The summed E-state index contributed by atoms with van der Waals surface area (Å²) >= 11 is 1.54. The molecule has 0 fully saturated rings. The molecule has 4 nitrogen and oxygen atoms in total. The average Bonchev–Trinajstić information content (AvgIpc) is 2.49. The third-order valence-corrected chi connectivity index (χ3v) is 2.30. The van der Waals surface area contributed by atoms with Crippen molar-refractivity contribution in [2.75, 3.05) is 0 Å². The Balaban J connectivity index is 2.68. The van der Waals surface area contributed by atoms with Gasteiger partial charge >= 0.3 is 0 Å². The fraction of sp³-hybridized carbons (Fsp3) is 0.125. The van der Waals surface area contributed by atoms with E-state index in [1.165, 1.54) is 17.4 Å². The Morgan fingerprint density at radius 2 is 2.54 bits per heavy atom. The number of carbonyl (C=O) groups is 1. The number of hydrogen-bond acceptors (Lipinski definition) is 2. The van der Waals surface area contributed by atoms with Crippen molar-refractivity contribution in [2.45, 2.75) is 6.92 Å². The Morgan fingerprint density at radius 3 is 3.08 bits per heavy atom. The molecule has 1 aromatic rings. The molecule has 1 amide bonds. The van der Waals surface area contributed by atoms with E-state index in [0.29, 0.717) is 0 Å². The van der Waals surface area contributed by atoms with Crippen LogP contribution in [0.1, 0.15) is 10.4 Å². The van der Waals surface area contributed by atoms with Crippen molar-refractivity contribution in [2.24, 2.45) is 5.11 Å². The molecular weight excluding hydrogens is 186 g/mol. The normalized spacial score (nSPS) is 9.92. The van der Waals surface area contributed by atoms with E-state index in [1.54, 1.807) is 6.08 Å². The summed E-state index contributed by atoms with van der Waals surface area (Å²) in [5.74, 6) is -0.575. The number of azide groups is 1. The van der Waals surface area contributed by atoms with Gasteiger partial charge in [-0.3, -0.25) is 4.79 Å². The molecule has 0 aliphatic carbocycles. The van der Waals surface area contributed by atoms with Crippen LogP contribution in [-0.2, 0) is 4.79 Å². The minimum atomic E-state index is -0.575. The first-order valence-electron chi connectivity index (χ1n) is 3.54. The van der Waals surface area contributed by atoms with E-state index in [0.717, 1.165) is 10.4 Å². The van der Waals surface area contributed by atoms with Crippen molar-refractivity contribution in [3.8, 4) is 0 Å². The van der Waals surface area contributed by atoms with Gasteiger partial charge in [-0.1, -0.05) is 0 Å². The van der Waals surface area contributed by atoms with Gasteiger partial charge in [0.05, 0.1) is 0 Å². The number of aryl methyl sites for hydroxylation is 1. The number of rotatable bonds is 2. The summed E-state index contributed by atoms with van der Waals surface area (Å²) in [5.41, 5.74) is 9.10. The quantitative estimate of drug-likeness (QED) is 0.308. The Labute approximate surface area is 79.1 Å². The van der Waals surface area contributed by atoms with E-state index in [9.17, 15) is 4.79 Å². The molecule has 0 unspecified atom stereocenters. The summed E-state index contributed by atoms with van der Waals surface area (Å²) in [5, 5.41) is 4.89. The summed E-state index contributed by atoms with van der Waals surface area (Å²) in [4.78, 5) is 14.1. The molecule has 0 aliphatic rings. The molecule has 0 saturated heterocycles. The van der Waals surface area contributed by atoms with Crippen molar-refractivity contribution < 1.29 is 4.79 Å². The molecule has 0 aromatic carbocycles. The molecule has 0 aliphatic heterocycles. The van der Waals surface area contributed by atoms with E-state index >= 15 is 0 Å². The van der Waals surface area contributed by atoms with Gasteiger partial charge in [-0.15, -0.1) is 11.3 Å². The number of hydrogen-bond donors (Lipinski definition) is 0. The van der Waals surface area contributed by atoms with Crippen LogP contribution < -0.4 is 0 Å². The van der Waals surface area contributed by atoms with Crippen LogP contribution in [0.2, 0.25) is 0 Å². The molecule has 0 spiro atoms. The molecule has 66 valence electrons. The Bertz CT molecular complexity index is 388. The van der Waals surface area contributed by atoms with Crippen LogP contribution in [0, 0.1) is 6.92 Å². The van der Waals surface area contributed by atoms with Gasteiger partial charge in [-0.2, -0.15) is 0 Å². The second kappa shape index (κ2) is 4.45. The van der Waals surface area contributed by atoms with Gasteiger partial charge in [0.2, 0.25) is 5.91 Å². The van der Waals surface area contributed by atoms with Crippen molar-refractivity contribution in [3.05, 3.63) is 38.4 Å². The third kappa shape index (κ3) is 3.11. The summed E-state index contributed by atoms with van der Waals surface area (Å²) in [6.45, 7) is 1.98. The zero-order chi connectivity index (χ0) is 9.68. The van der Waals surface area contributed by atoms with Crippen LogP contribution in [0.4, 0.5) is 0 Å². The van der Waals surface area contributed by atoms with Crippen LogP contribution in [0.5, 0.6) is 0 Å². The predicted molar refractivity (Wildman–Crippen MR) is 52.2 cm³/mol. The maximum atomic E-state index is 10.7. The van der Waals surface area contributed by atoms with E-state index in [1.807, 2.05) is 18.4 Å². The van der Waals surface area contributed by atoms with E-state index in [2.05, 4.69) is 10.0 Å². The minimum Gasteiger partial charge on any atom is -0.288 e. The lowest BCUT2D eigenvalue weighted by molar-refractivity contribution is -0.113. The van der Waals surface area contributed by atoms with E-state index in [-0.39, 0.29) is 0 Å². The molecule has 0 bridgehead atoms. The lowest BCUT2D eigenvalue weighted by Crippen LogP contribution is -1.80. The molecule has 5 heteroatoms. The molecule has 0 radical (unpaired) electrons. The molecule has 13 heavy (non-hydrogen) atoms. The fourth-order valence-corrected chi connectivity index (χ4v) is 1.56. The zero-order valence-electron chi connectivity index (χ0n) is 6.97. The minimum absolute atomic E-state index is 0.575. The summed E-state index contributed by atoms with van der Waals surface area (Å²) < 4.78 is 0. The van der Waals surface area contributed by atoms with Gasteiger partial charge in [0.1, 0.15) is 0 Å². The molecule has 1 rings (SSSR count). The average molecular weight is 193 g/mol. The van der Waals surface area contributed by atoms with Crippen LogP contribution in [0.15, 0.2) is 22.6 Å².